The van der Waals surface area contributed by atoms with Crippen molar-refractivity contribution in [2.24, 2.45) is 0 Å². The van der Waals surface area contributed by atoms with Gasteiger partial charge in [0, 0.05) is 23.3 Å². The number of nitrogens with one attached hydrogen (secondary N) is 1. The number of thiophene rings is 1. The third kappa shape index (κ3) is 5.76. The molecule has 0 saturated heterocycles. The third-order valence-corrected chi connectivity index (χ3v) is 6.85. The molecular formula is C27H29N3O2S. The Balaban J connectivity index is 1.41. The first-order valence-corrected chi connectivity index (χ1v) is 12.2. The van der Waals surface area contributed by atoms with Gasteiger partial charge in [-0.15, -0.1) is 21.5 Å². The Morgan fingerprint density at radius 3 is 2.42 bits per heavy atom. The Morgan fingerprint density at radius 1 is 1.03 bits per heavy atom. The van der Waals surface area contributed by atoms with Crippen molar-refractivity contribution in [2.45, 2.75) is 52.0 Å². The van der Waals surface area contributed by atoms with Gasteiger partial charge in [-0.3, -0.25) is 4.79 Å². The number of benzene rings is 2. The quantitative estimate of drug-likeness (QED) is 0.312. The zero-order valence-electron chi connectivity index (χ0n) is 19.2. The lowest BCUT2D eigenvalue weighted by Crippen LogP contribution is -2.29. The van der Waals surface area contributed by atoms with E-state index in [0.717, 1.165) is 22.4 Å². The lowest BCUT2D eigenvalue weighted by atomic mass is 9.95. The summed E-state index contributed by atoms with van der Waals surface area (Å²) in [6, 6.07) is 20.4. The largest absolute Gasteiger partial charge is 0.421 e. The number of carbonyl (C=O) groups excluding carboxylic acids is 1. The molecule has 0 aliphatic rings. The monoisotopic (exact) mass is 459 g/mol. The fraction of sp³-hybridized carbons (Fsp3) is 0.296. The first-order chi connectivity index (χ1) is 16.0. The molecule has 2 aromatic carbocycles. The predicted octanol–water partition coefficient (Wildman–Crippen LogP) is 6.46. The number of hydrogen-bond acceptors (Lipinski definition) is 5. The lowest BCUT2D eigenvalue weighted by molar-refractivity contribution is -0.121. The highest BCUT2D eigenvalue weighted by Gasteiger charge is 2.19. The minimum absolute atomic E-state index is 0.0468. The van der Waals surface area contributed by atoms with E-state index in [2.05, 4.69) is 59.7 Å². The highest BCUT2D eigenvalue weighted by atomic mass is 32.1. The average molecular weight is 460 g/mol. The molecule has 0 saturated carbocycles. The predicted molar refractivity (Wildman–Crippen MR) is 132 cm³/mol. The zero-order chi connectivity index (χ0) is 23.2. The number of carbonyl (C=O) groups is 1. The molecule has 0 aliphatic carbocycles. The number of nitrogens with zero attached hydrogens (tertiary/aromatic N) is 2. The summed E-state index contributed by atoms with van der Waals surface area (Å²) in [7, 11) is 0. The number of rotatable bonds is 9. The van der Waals surface area contributed by atoms with Crippen LogP contribution in [0.4, 0.5) is 0 Å². The van der Waals surface area contributed by atoms with Crippen LogP contribution in [-0.2, 0) is 11.2 Å². The second-order valence-corrected chi connectivity index (χ2v) is 9.34. The van der Waals surface area contributed by atoms with Gasteiger partial charge < -0.3 is 9.73 Å². The fourth-order valence-corrected chi connectivity index (χ4v) is 4.45. The van der Waals surface area contributed by atoms with Gasteiger partial charge in [0.05, 0.1) is 6.04 Å². The fourth-order valence-electron chi connectivity index (χ4n) is 3.65. The van der Waals surface area contributed by atoms with Crippen molar-refractivity contribution in [1.29, 1.82) is 0 Å². The van der Waals surface area contributed by atoms with E-state index < -0.39 is 0 Å². The second kappa shape index (κ2) is 10.6. The van der Waals surface area contributed by atoms with Crippen molar-refractivity contribution < 1.29 is 9.21 Å². The Hall–Kier alpha value is -3.25. The summed E-state index contributed by atoms with van der Waals surface area (Å²) in [5, 5.41) is 13.5. The van der Waals surface area contributed by atoms with Crippen LogP contribution in [0.15, 0.2) is 70.5 Å². The molecule has 0 fully saturated rings. The Morgan fingerprint density at radius 2 is 1.76 bits per heavy atom. The molecule has 1 amide bonds. The Bertz CT molecular complexity index is 1170. The SMILES string of the molecule is CCC(C)c1ccc(C(NC(=O)CCc2nnc(-c3ccc(C)cc3)o2)c2cccs2)cc1. The van der Waals surface area contributed by atoms with Gasteiger partial charge >= 0.3 is 0 Å². The van der Waals surface area contributed by atoms with Gasteiger partial charge in [0.25, 0.3) is 0 Å². The molecule has 5 nitrogen and oxygen atoms in total. The van der Waals surface area contributed by atoms with Crippen molar-refractivity contribution in [3.05, 3.63) is 93.5 Å². The van der Waals surface area contributed by atoms with Gasteiger partial charge in [-0.05, 0) is 54.0 Å². The molecule has 33 heavy (non-hydrogen) atoms. The molecule has 0 bridgehead atoms. The van der Waals surface area contributed by atoms with Crippen molar-refractivity contribution in [2.75, 3.05) is 0 Å². The van der Waals surface area contributed by atoms with Gasteiger partial charge in [-0.1, -0.05) is 61.9 Å². The van der Waals surface area contributed by atoms with Crippen LogP contribution in [0.2, 0.25) is 0 Å². The molecule has 170 valence electrons. The molecule has 1 N–H and O–H groups in total. The molecule has 2 heterocycles. The van der Waals surface area contributed by atoms with Gasteiger partial charge in [0.1, 0.15) is 0 Å². The summed E-state index contributed by atoms with van der Waals surface area (Å²) in [6.45, 7) is 6.46. The summed E-state index contributed by atoms with van der Waals surface area (Å²) in [5.41, 5.74) is 4.45. The number of hydrogen-bond donors (Lipinski definition) is 1. The van der Waals surface area contributed by atoms with E-state index in [1.54, 1.807) is 11.3 Å². The van der Waals surface area contributed by atoms with Crippen molar-refractivity contribution in [3.8, 4) is 11.5 Å². The summed E-state index contributed by atoms with van der Waals surface area (Å²) in [4.78, 5) is 13.9. The van der Waals surface area contributed by atoms with Crippen LogP contribution in [0, 0.1) is 6.92 Å². The number of amides is 1. The summed E-state index contributed by atoms with van der Waals surface area (Å²) >= 11 is 1.64. The Kier molecular flexibility index (Phi) is 7.35. The Labute approximate surface area is 198 Å². The molecule has 6 heteroatoms. The van der Waals surface area contributed by atoms with E-state index in [-0.39, 0.29) is 18.4 Å². The van der Waals surface area contributed by atoms with E-state index in [9.17, 15) is 4.79 Å². The number of aromatic nitrogens is 2. The number of aryl methyl sites for hydroxylation is 2. The van der Waals surface area contributed by atoms with Crippen LogP contribution in [0.3, 0.4) is 0 Å². The van der Waals surface area contributed by atoms with Crippen LogP contribution in [0.5, 0.6) is 0 Å². The maximum Gasteiger partial charge on any atom is 0.247 e. The van der Waals surface area contributed by atoms with Gasteiger partial charge in [-0.25, -0.2) is 0 Å². The average Bonchev–Trinajstić information content (AvgIpc) is 3.54. The first kappa shape index (κ1) is 22.9. The molecule has 0 aliphatic heterocycles. The smallest absolute Gasteiger partial charge is 0.247 e. The molecule has 4 rings (SSSR count). The summed E-state index contributed by atoms with van der Waals surface area (Å²) in [5.74, 6) is 1.41. The van der Waals surface area contributed by atoms with Crippen molar-refractivity contribution in [1.82, 2.24) is 15.5 Å². The normalized spacial score (nSPS) is 12.9. The minimum Gasteiger partial charge on any atom is -0.421 e. The highest BCUT2D eigenvalue weighted by molar-refractivity contribution is 7.10. The minimum atomic E-state index is -0.172. The molecule has 2 atom stereocenters. The molecule has 0 spiro atoms. The van der Waals surface area contributed by atoms with E-state index in [0.29, 0.717) is 24.1 Å². The van der Waals surface area contributed by atoms with Crippen LogP contribution >= 0.6 is 11.3 Å². The van der Waals surface area contributed by atoms with E-state index in [4.69, 9.17) is 4.42 Å². The maximum atomic E-state index is 12.8. The topological polar surface area (TPSA) is 68.0 Å². The second-order valence-electron chi connectivity index (χ2n) is 8.36. The lowest BCUT2D eigenvalue weighted by Gasteiger charge is -2.19. The first-order valence-electron chi connectivity index (χ1n) is 11.4. The molecule has 4 aromatic rings. The molecule has 2 aromatic heterocycles. The van der Waals surface area contributed by atoms with Crippen LogP contribution in [0.25, 0.3) is 11.5 Å². The van der Waals surface area contributed by atoms with Gasteiger partial charge in [0.2, 0.25) is 17.7 Å². The summed E-state index contributed by atoms with van der Waals surface area (Å²) in [6.07, 6.45) is 1.78. The zero-order valence-corrected chi connectivity index (χ0v) is 20.1. The van der Waals surface area contributed by atoms with Gasteiger partial charge in [0.15, 0.2) is 0 Å². The van der Waals surface area contributed by atoms with Crippen LogP contribution in [-0.4, -0.2) is 16.1 Å². The molecule has 2 unspecified atom stereocenters. The van der Waals surface area contributed by atoms with Gasteiger partial charge in [-0.2, -0.15) is 0 Å². The molecule has 0 radical (unpaired) electrons. The van der Waals surface area contributed by atoms with Crippen molar-refractivity contribution >= 4 is 17.2 Å². The standard InChI is InChI=1S/C27H29N3O2S/c1-4-19(3)20-11-13-21(14-12-20)26(23-6-5-17-33-23)28-24(31)15-16-25-29-30-27(32-25)22-9-7-18(2)8-10-22/h5-14,17,19,26H,4,15-16H2,1-3H3,(H,28,31). The van der Waals surface area contributed by atoms with E-state index in [1.165, 1.54) is 11.1 Å². The van der Waals surface area contributed by atoms with Crippen molar-refractivity contribution in [3.63, 3.8) is 0 Å². The highest BCUT2D eigenvalue weighted by Crippen LogP contribution is 2.28. The van der Waals surface area contributed by atoms with E-state index in [1.807, 2.05) is 42.6 Å². The van der Waals surface area contributed by atoms with E-state index >= 15 is 0 Å². The van der Waals surface area contributed by atoms with Crippen LogP contribution < -0.4 is 5.32 Å². The maximum absolute atomic E-state index is 12.8. The molecular weight excluding hydrogens is 430 g/mol. The third-order valence-electron chi connectivity index (χ3n) is 5.92. The summed E-state index contributed by atoms with van der Waals surface area (Å²) < 4.78 is 5.77. The van der Waals surface area contributed by atoms with Crippen LogP contribution in [0.1, 0.15) is 66.1 Å².